The summed E-state index contributed by atoms with van der Waals surface area (Å²) in [5.41, 5.74) is 0.816. The van der Waals surface area contributed by atoms with Gasteiger partial charge in [-0.25, -0.2) is 4.98 Å². The largest absolute Gasteiger partial charge is 0.350 e. The van der Waals surface area contributed by atoms with Crippen molar-refractivity contribution in [1.29, 1.82) is 0 Å². The van der Waals surface area contributed by atoms with Crippen LogP contribution in [0.3, 0.4) is 0 Å². The Morgan fingerprint density at radius 2 is 2.04 bits per heavy atom. The summed E-state index contributed by atoms with van der Waals surface area (Å²) >= 11 is 3.14. The number of nitrogens with one attached hydrogen (secondary N) is 1. The van der Waals surface area contributed by atoms with Gasteiger partial charge in [0.25, 0.3) is 5.91 Å². The third-order valence-corrected chi connectivity index (χ3v) is 7.18. The van der Waals surface area contributed by atoms with E-state index in [0.29, 0.717) is 18.5 Å². The number of hydrogen-bond donors (Lipinski definition) is 1. The lowest BCUT2D eigenvalue weighted by molar-refractivity contribution is 0.0792. The first-order chi connectivity index (χ1) is 12.5. The Balaban J connectivity index is 1.63. The average Bonchev–Trinajstić information content (AvgIpc) is 3.25. The first kappa shape index (κ1) is 19.5. The molecule has 0 radical (unpaired) electrons. The van der Waals surface area contributed by atoms with Crippen molar-refractivity contribution in [2.75, 3.05) is 39.8 Å². The zero-order valence-corrected chi connectivity index (χ0v) is 17.6. The van der Waals surface area contributed by atoms with E-state index in [9.17, 15) is 4.79 Å². The molecular weight excluding hydrogens is 364 g/mol. The van der Waals surface area contributed by atoms with Crippen molar-refractivity contribution < 1.29 is 4.79 Å². The fourth-order valence-corrected chi connectivity index (χ4v) is 5.11. The van der Waals surface area contributed by atoms with Crippen molar-refractivity contribution in [1.82, 2.24) is 20.1 Å². The maximum atomic E-state index is 12.7. The predicted molar refractivity (Wildman–Crippen MR) is 110 cm³/mol. The molecule has 142 valence electrons. The first-order valence-electron chi connectivity index (χ1n) is 9.17. The molecule has 0 spiro atoms. The Morgan fingerprint density at radius 1 is 1.31 bits per heavy atom. The van der Waals surface area contributed by atoms with Crippen molar-refractivity contribution >= 4 is 28.6 Å². The maximum Gasteiger partial charge on any atom is 0.263 e. The highest BCUT2D eigenvalue weighted by atomic mass is 32.1. The Labute approximate surface area is 164 Å². The third kappa shape index (κ3) is 4.52. The highest BCUT2D eigenvalue weighted by Crippen LogP contribution is 2.31. The number of hydrogen-bond acceptors (Lipinski definition) is 6. The highest BCUT2D eigenvalue weighted by molar-refractivity contribution is 7.22. The minimum atomic E-state index is 0.00239. The van der Waals surface area contributed by atoms with Gasteiger partial charge in [-0.1, -0.05) is 19.9 Å². The van der Waals surface area contributed by atoms with E-state index >= 15 is 0 Å². The molecule has 1 aliphatic heterocycles. The van der Waals surface area contributed by atoms with Crippen LogP contribution in [0.4, 0.5) is 0 Å². The maximum absolute atomic E-state index is 12.7. The molecule has 1 atom stereocenters. The van der Waals surface area contributed by atoms with Gasteiger partial charge in [-0.05, 0) is 31.3 Å². The van der Waals surface area contributed by atoms with Gasteiger partial charge in [0, 0.05) is 38.8 Å². The molecule has 1 aliphatic rings. The lowest BCUT2D eigenvalue weighted by atomic mass is 10.0. The summed E-state index contributed by atoms with van der Waals surface area (Å²) in [4.78, 5) is 24.1. The zero-order chi connectivity index (χ0) is 18.7. The molecule has 0 aromatic carbocycles. The zero-order valence-electron chi connectivity index (χ0n) is 16.0. The van der Waals surface area contributed by atoms with Gasteiger partial charge in [-0.15, -0.1) is 22.7 Å². The summed E-state index contributed by atoms with van der Waals surface area (Å²) in [7, 11) is 2.17. The van der Waals surface area contributed by atoms with E-state index in [1.807, 2.05) is 24.4 Å². The number of carbonyl (C=O) groups is 1. The highest BCUT2D eigenvalue weighted by Gasteiger charge is 2.26. The van der Waals surface area contributed by atoms with E-state index in [1.165, 1.54) is 11.3 Å². The number of rotatable bonds is 6. The van der Waals surface area contributed by atoms with Gasteiger partial charge in [0.15, 0.2) is 0 Å². The molecule has 1 fully saturated rings. The standard InChI is InChI=1S/C19H28N4OS2/c1-13(2)15(23-9-7-22(4)8-10-23)12-20-18(24)17-14(3)21-19(26-17)16-6-5-11-25-16/h5-6,11,13,15H,7-10,12H2,1-4H3,(H,20,24). The molecule has 1 unspecified atom stereocenters. The molecule has 7 heteroatoms. The quantitative estimate of drug-likeness (QED) is 0.820. The molecule has 3 rings (SSSR count). The summed E-state index contributed by atoms with van der Waals surface area (Å²) in [6.07, 6.45) is 0. The predicted octanol–water partition coefficient (Wildman–Crippen LogP) is 3.18. The summed E-state index contributed by atoms with van der Waals surface area (Å²) < 4.78 is 0. The molecule has 0 saturated carbocycles. The summed E-state index contributed by atoms with van der Waals surface area (Å²) in [5.74, 6) is 0.505. The van der Waals surface area contributed by atoms with E-state index in [0.717, 1.165) is 46.6 Å². The molecule has 2 aromatic rings. The molecule has 2 aromatic heterocycles. The van der Waals surface area contributed by atoms with E-state index in [1.54, 1.807) is 11.3 Å². The van der Waals surface area contributed by atoms with E-state index < -0.39 is 0 Å². The Morgan fingerprint density at radius 3 is 2.65 bits per heavy atom. The molecule has 5 nitrogen and oxygen atoms in total. The van der Waals surface area contributed by atoms with E-state index in [2.05, 4.69) is 41.0 Å². The van der Waals surface area contributed by atoms with Crippen LogP contribution < -0.4 is 5.32 Å². The second-order valence-electron chi connectivity index (χ2n) is 7.27. The fraction of sp³-hybridized carbons (Fsp3) is 0.579. The van der Waals surface area contributed by atoms with Gasteiger partial charge in [0.05, 0.1) is 10.6 Å². The molecular formula is C19H28N4OS2. The van der Waals surface area contributed by atoms with Crippen molar-refractivity contribution in [2.24, 2.45) is 5.92 Å². The Bertz CT molecular complexity index is 718. The van der Waals surface area contributed by atoms with Crippen LogP contribution in [-0.2, 0) is 0 Å². The molecule has 1 amide bonds. The van der Waals surface area contributed by atoms with Crippen LogP contribution in [0.15, 0.2) is 17.5 Å². The number of nitrogens with zero attached hydrogens (tertiary/aromatic N) is 3. The number of thiazole rings is 1. The number of piperazine rings is 1. The smallest absolute Gasteiger partial charge is 0.263 e. The van der Waals surface area contributed by atoms with Gasteiger partial charge in [0.1, 0.15) is 9.88 Å². The van der Waals surface area contributed by atoms with Gasteiger partial charge >= 0.3 is 0 Å². The number of amides is 1. The van der Waals surface area contributed by atoms with E-state index in [-0.39, 0.29) is 5.91 Å². The van der Waals surface area contributed by atoms with Crippen LogP contribution >= 0.6 is 22.7 Å². The average molecular weight is 393 g/mol. The number of aromatic nitrogens is 1. The number of carbonyl (C=O) groups excluding carboxylic acids is 1. The first-order valence-corrected chi connectivity index (χ1v) is 10.9. The van der Waals surface area contributed by atoms with Crippen LogP contribution in [0.2, 0.25) is 0 Å². The van der Waals surface area contributed by atoms with Crippen LogP contribution in [0.1, 0.15) is 29.2 Å². The van der Waals surface area contributed by atoms with Crippen LogP contribution in [0.5, 0.6) is 0 Å². The van der Waals surface area contributed by atoms with Crippen LogP contribution in [-0.4, -0.2) is 66.5 Å². The molecule has 26 heavy (non-hydrogen) atoms. The van der Waals surface area contributed by atoms with Crippen molar-refractivity contribution in [3.8, 4) is 9.88 Å². The normalized spacial score (nSPS) is 17.6. The van der Waals surface area contributed by atoms with Crippen molar-refractivity contribution in [3.63, 3.8) is 0 Å². The van der Waals surface area contributed by atoms with Gasteiger partial charge < -0.3 is 10.2 Å². The summed E-state index contributed by atoms with van der Waals surface area (Å²) in [6, 6.07) is 4.43. The van der Waals surface area contributed by atoms with E-state index in [4.69, 9.17) is 0 Å². The molecule has 1 saturated heterocycles. The fourth-order valence-electron chi connectivity index (χ4n) is 3.33. The van der Waals surface area contributed by atoms with Crippen LogP contribution in [0, 0.1) is 12.8 Å². The molecule has 3 heterocycles. The number of thiophene rings is 1. The molecule has 0 aliphatic carbocycles. The molecule has 0 bridgehead atoms. The second kappa shape index (κ2) is 8.61. The minimum Gasteiger partial charge on any atom is -0.350 e. The molecule has 1 N–H and O–H groups in total. The lowest BCUT2D eigenvalue weighted by Crippen LogP contribution is -2.54. The lowest BCUT2D eigenvalue weighted by Gasteiger charge is -2.39. The number of likely N-dealkylation sites (N-methyl/N-ethyl adjacent to an activating group) is 1. The topological polar surface area (TPSA) is 48.5 Å². The SMILES string of the molecule is Cc1nc(-c2cccs2)sc1C(=O)NCC(C(C)C)N1CCN(C)CC1. The summed E-state index contributed by atoms with van der Waals surface area (Å²) in [6.45, 7) is 11.4. The second-order valence-corrected chi connectivity index (χ2v) is 9.22. The van der Waals surface area contributed by atoms with Gasteiger partial charge in [-0.2, -0.15) is 0 Å². The Kier molecular flexibility index (Phi) is 6.45. The minimum absolute atomic E-state index is 0.00239. The van der Waals surface area contributed by atoms with Gasteiger partial charge in [-0.3, -0.25) is 9.69 Å². The number of aryl methyl sites for hydroxylation is 1. The monoisotopic (exact) mass is 392 g/mol. The summed E-state index contributed by atoms with van der Waals surface area (Å²) in [5, 5.41) is 6.14. The van der Waals surface area contributed by atoms with Crippen LogP contribution in [0.25, 0.3) is 9.88 Å². The van der Waals surface area contributed by atoms with Crippen molar-refractivity contribution in [2.45, 2.75) is 26.8 Å². The van der Waals surface area contributed by atoms with Crippen molar-refractivity contribution in [3.05, 3.63) is 28.1 Å². The third-order valence-electron chi connectivity index (χ3n) is 4.98. The Hall–Kier alpha value is -1.28. The van der Waals surface area contributed by atoms with Gasteiger partial charge in [0.2, 0.25) is 0 Å².